The summed E-state index contributed by atoms with van der Waals surface area (Å²) in [5.74, 6) is -0.127. The van der Waals surface area contributed by atoms with Gasteiger partial charge in [0.25, 0.3) is 15.9 Å². The number of amides is 1. The predicted molar refractivity (Wildman–Crippen MR) is 93.3 cm³/mol. The minimum atomic E-state index is -3.55. The molecule has 0 unspecified atom stereocenters. The van der Waals surface area contributed by atoms with Gasteiger partial charge >= 0.3 is 0 Å². The van der Waals surface area contributed by atoms with Crippen molar-refractivity contribution in [1.82, 2.24) is 18.8 Å². The van der Waals surface area contributed by atoms with Crippen molar-refractivity contribution in [1.29, 1.82) is 0 Å². The van der Waals surface area contributed by atoms with Gasteiger partial charge in [0.15, 0.2) is 0 Å². The number of piperazine rings is 1. The molecule has 0 aromatic carbocycles. The quantitative estimate of drug-likeness (QED) is 0.775. The Kier molecular flexibility index (Phi) is 5.21. The first kappa shape index (κ1) is 17.7. The van der Waals surface area contributed by atoms with Crippen molar-refractivity contribution in [3.8, 4) is 0 Å². The number of thiophene rings is 1. The fraction of sp³-hybridized carbons (Fsp3) is 0.462. The van der Waals surface area contributed by atoms with E-state index in [0.717, 1.165) is 22.9 Å². The summed E-state index contributed by atoms with van der Waals surface area (Å²) in [5.41, 5.74) is 0.688. The zero-order valence-corrected chi connectivity index (χ0v) is 16.0. The fourth-order valence-corrected chi connectivity index (χ4v) is 6.22. The second-order valence-electron chi connectivity index (χ2n) is 5.16. The number of hydrogen-bond acceptors (Lipinski definition) is 7. The molecule has 0 atom stereocenters. The van der Waals surface area contributed by atoms with E-state index in [4.69, 9.17) is 11.6 Å². The first-order valence-corrected chi connectivity index (χ1v) is 10.7. The highest BCUT2D eigenvalue weighted by atomic mass is 35.5. The number of halogens is 1. The Hall–Kier alpha value is -1.07. The number of nitrogens with zero attached hydrogens (tertiary/aromatic N) is 4. The average molecular weight is 407 g/mol. The lowest BCUT2D eigenvalue weighted by molar-refractivity contribution is 0.0701. The van der Waals surface area contributed by atoms with Gasteiger partial charge in [0.05, 0.1) is 10.0 Å². The Bertz CT molecular complexity index is 840. The van der Waals surface area contributed by atoms with Crippen LogP contribution < -0.4 is 0 Å². The van der Waals surface area contributed by atoms with Gasteiger partial charge < -0.3 is 4.90 Å². The molecule has 0 aliphatic carbocycles. The van der Waals surface area contributed by atoms with Gasteiger partial charge in [0.1, 0.15) is 9.09 Å². The molecule has 1 saturated heterocycles. The number of hydrogen-bond donors (Lipinski definition) is 0. The lowest BCUT2D eigenvalue weighted by Gasteiger charge is -2.33. The molecule has 130 valence electrons. The maximum Gasteiger partial charge on any atom is 0.267 e. The summed E-state index contributed by atoms with van der Waals surface area (Å²) in [6.45, 7) is 3.13. The molecule has 0 saturated carbocycles. The topological polar surface area (TPSA) is 83.5 Å². The van der Waals surface area contributed by atoms with Crippen LogP contribution in [-0.4, -0.2) is 59.3 Å². The van der Waals surface area contributed by atoms with Crippen LogP contribution in [0.4, 0.5) is 0 Å². The largest absolute Gasteiger partial charge is 0.335 e. The second-order valence-corrected chi connectivity index (χ2v) is 9.79. The van der Waals surface area contributed by atoms with Crippen molar-refractivity contribution in [2.75, 3.05) is 26.2 Å². The molecule has 11 heteroatoms. The Balaban J connectivity index is 1.69. The zero-order chi connectivity index (χ0) is 17.3. The molecule has 0 radical (unpaired) electrons. The smallest absolute Gasteiger partial charge is 0.267 e. The molecule has 1 aliphatic heterocycles. The molecule has 0 N–H and O–H groups in total. The van der Waals surface area contributed by atoms with E-state index >= 15 is 0 Å². The second kappa shape index (κ2) is 7.04. The van der Waals surface area contributed by atoms with E-state index in [0.29, 0.717) is 34.4 Å². The van der Waals surface area contributed by atoms with E-state index < -0.39 is 10.0 Å². The standard InChI is InChI=1S/C13H15ClN4O3S3/c1-2-9-12(23-16-15-9)13(19)17-5-7-18(8-6-17)24(20,21)11-4-3-10(14)22-11/h3-4H,2,5-8H2,1H3. The van der Waals surface area contributed by atoms with E-state index in [-0.39, 0.29) is 23.2 Å². The van der Waals surface area contributed by atoms with Crippen LogP contribution in [0.3, 0.4) is 0 Å². The first-order valence-electron chi connectivity index (χ1n) is 7.29. The molecule has 2 aromatic heterocycles. The molecule has 24 heavy (non-hydrogen) atoms. The van der Waals surface area contributed by atoms with Crippen LogP contribution in [0.25, 0.3) is 0 Å². The molecular formula is C13H15ClN4O3S3. The molecular weight excluding hydrogens is 392 g/mol. The first-order chi connectivity index (χ1) is 11.4. The fourth-order valence-electron chi connectivity index (χ4n) is 2.44. The van der Waals surface area contributed by atoms with Gasteiger partial charge in [0.2, 0.25) is 0 Å². The van der Waals surface area contributed by atoms with E-state index in [1.807, 2.05) is 6.92 Å². The Morgan fingerprint density at radius 2 is 2.00 bits per heavy atom. The number of aryl methyl sites for hydroxylation is 1. The Morgan fingerprint density at radius 3 is 2.58 bits per heavy atom. The van der Waals surface area contributed by atoms with Crippen LogP contribution in [0, 0.1) is 0 Å². The molecule has 2 aromatic rings. The summed E-state index contributed by atoms with van der Waals surface area (Å²) in [6, 6.07) is 3.08. The third-order valence-electron chi connectivity index (χ3n) is 3.75. The van der Waals surface area contributed by atoms with Crippen molar-refractivity contribution in [3.63, 3.8) is 0 Å². The van der Waals surface area contributed by atoms with E-state index in [9.17, 15) is 13.2 Å². The molecule has 1 amide bonds. The van der Waals surface area contributed by atoms with Gasteiger partial charge in [-0.3, -0.25) is 4.79 Å². The van der Waals surface area contributed by atoms with Crippen LogP contribution in [0.2, 0.25) is 4.34 Å². The lowest BCUT2D eigenvalue weighted by Crippen LogP contribution is -2.50. The van der Waals surface area contributed by atoms with Gasteiger partial charge in [-0.1, -0.05) is 23.0 Å². The molecule has 1 fully saturated rings. The summed E-state index contributed by atoms with van der Waals surface area (Å²) in [4.78, 5) is 14.7. The molecule has 0 spiro atoms. The summed E-state index contributed by atoms with van der Waals surface area (Å²) < 4.78 is 31.0. The highest BCUT2D eigenvalue weighted by Crippen LogP contribution is 2.28. The van der Waals surface area contributed by atoms with Crippen LogP contribution in [0.15, 0.2) is 16.3 Å². The van der Waals surface area contributed by atoms with Crippen LogP contribution in [0.1, 0.15) is 22.3 Å². The average Bonchev–Trinajstić information content (AvgIpc) is 3.23. The van der Waals surface area contributed by atoms with Gasteiger partial charge in [-0.15, -0.1) is 16.4 Å². The van der Waals surface area contributed by atoms with E-state index in [1.54, 1.807) is 11.0 Å². The van der Waals surface area contributed by atoms with Gasteiger partial charge in [0, 0.05) is 26.2 Å². The molecule has 3 heterocycles. The molecule has 7 nitrogen and oxygen atoms in total. The number of carbonyl (C=O) groups excluding carboxylic acids is 1. The number of aromatic nitrogens is 2. The Morgan fingerprint density at radius 1 is 1.29 bits per heavy atom. The summed E-state index contributed by atoms with van der Waals surface area (Å²) in [7, 11) is -3.55. The van der Waals surface area contributed by atoms with Crippen molar-refractivity contribution in [3.05, 3.63) is 27.0 Å². The third kappa shape index (κ3) is 3.33. The van der Waals surface area contributed by atoms with E-state index in [1.165, 1.54) is 10.4 Å². The molecule has 1 aliphatic rings. The van der Waals surface area contributed by atoms with E-state index in [2.05, 4.69) is 9.59 Å². The van der Waals surface area contributed by atoms with Crippen LogP contribution in [-0.2, 0) is 16.4 Å². The SMILES string of the molecule is CCc1nnsc1C(=O)N1CCN(S(=O)(=O)c2ccc(Cl)s2)CC1. The number of sulfonamides is 1. The maximum atomic E-state index is 12.6. The Labute approximate surface area is 153 Å². The van der Waals surface area contributed by atoms with Crippen molar-refractivity contribution in [2.24, 2.45) is 0 Å². The highest BCUT2D eigenvalue weighted by Gasteiger charge is 2.32. The molecule has 3 rings (SSSR count). The minimum absolute atomic E-state index is 0.127. The van der Waals surface area contributed by atoms with Crippen molar-refractivity contribution < 1.29 is 13.2 Å². The van der Waals surface area contributed by atoms with Gasteiger partial charge in [-0.05, 0) is 30.1 Å². The highest BCUT2D eigenvalue weighted by molar-refractivity contribution is 7.91. The summed E-state index contributed by atoms with van der Waals surface area (Å²) in [6.07, 6.45) is 0.644. The number of carbonyl (C=O) groups is 1. The molecule has 0 bridgehead atoms. The zero-order valence-electron chi connectivity index (χ0n) is 12.8. The van der Waals surface area contributed by atoms with Gasteiger partial charge in [-0.25, -0.2) is 8.42 Å². The summed E-state index contributed by atoms with van der Waals surface area (Å²) in [5, 5.41) is 3.95. The minimum Gasteiger partial charge on any atom is -0.335 e. The van der Waals surface area contributed by atoms with Crippen LogP contribution in [0.5, 0.6) is 0 Å². The maximum absolute atomic E-state index is 12.6. The summed E-state index contributed by atoms with van der Waals surface area (Å²) >= 11 is 7.95. The monoisotopic (exact) mass is 406 g/mol. The lowest BCUT2D eigenvalue weighted by atomic mass is 10.2. The third-order valence-corrected chi connectivity index (χ3v) is 8.11. The van der Waals surface area contributed by atoms with Gasteiger partial charge in [-0.2, -0.15) is 4.31 Å². The van der Waals surface area contributed by atoms with Crippen molar-refractivity contribution >= 4 is 50.4 Å². The number of rotatable bonds is 4. The van der Waals surface area contributed by atoms with Crippen molar-refractivity contribution in [2.45, 2.75) is 17.6 Å². The van der Waals surface area contributed by atoms with Crippen LogP contribution >= 0.6 is 34.5 Å². The normalized spacial score (nSPS) is 16.5. The predicted octanol–water partition coefficient (Wildman–Crippen LogP) is 1.96.